The Bertz CT molecular complexity index is 444. The SMILES string of the molecule is O=C(CN1CCCCC(O)C1=O)NCCc1ccco1. The van der Waals surface area contributed by atoms with Crippen LogP contribution < -0.4 is 5.32 Å². The van der Waals surface area contributed by atoms with E-state index in [0.717, 1.165) is 18.6 Å². The summed E-state index contributed by atoms with van der Waals surface area (Å²) in [7, 11) is 0. The molecule has 1 fully saturated rings. The summed E-state index contributed by atoms with van der Waals surface area (Å²) in [5, 5.41) is 12.4. The number of carbonyl (C=O) groups excluding carboxylic acids is 2. The topological polar surface area (TPSA) is 82.8 Å². The minimum Gasteiger partial charge on any atom is -0.469 e. The van der Waals surface area contributed by atoms with Crippen LogP contribution in [0.25, 0.3) is 0 Å². The van der Waals surface area contributed by atoms with E-state index in [-0.39, 0.29) is 18.4 Å². The molecule has 0 bridgehead atoms. The fourth-order valence-electron chi connectivity index (χ4n) is 2.25. The monoisotopic (exact) mass is 280 g/mol. The Morgan fingerprint density at radius 1 is 1.50 bits per heavy atom. The van der Waals surface area contributed by atoms with Gasteiger partial charge < -0.3 is 19.7 Å². The van der Waals surface area contributed by atoms with Crippen molar-refractivity contribution in [3.05, 3.63) is 24.2 Å². The van der Waals surface area contributed by atoms with Gasteiger partial charge in [-0.1, -0.05) is 0 Å². The molecule has 1 unspecified atom stereocenters. The zero-order chi connectivity index (χ0) is 14.4. The van der Waals surface area contributed by atoms with Gasteiger partial charge in [-0.25, -0.2) is 0 Å². The van der Waals surface area contributed by atoms with Gasteiger partial charge in [-0.2, -0.15) is 0 Å². The first-order valence-corrected chi connectivity index (χ1v) is 6.93. The van der Waals surface area contributed by atoms with E-state index in [9.17, 15) is 14.7 Å². The van der Waals surface area contributed by atoms with Crippen molar-refractivity contribution in [2.75, 3.05) is 19.6 Å². The number of amides is 2. The second-order valence-corrected chi connectivity index (χ2v) is 4.95. The second-order valence-electron chi connectivity index (χ2n) is 4.95. The lowest BCUT2D eigenvalue weighted by molar-refractivity contribution is -0.142. The number of carbonyl (C=O) groups is 2. The summed E-state index contributed by atoms with van der Waals surface area (Å²) in [5.74, 6) is 0.259. The number of aliphatic hydroxyl groups is 1. The molecule has 1 saturated heterocycles. The zero-order valence-corrected chi connectivity index (χ0v) is 11.4. The Morgan fingerprint density at radius 2 is 2.35 bits per heavy atom. The first-order chi connectivity index (χ1) is 9.66. The van der Waals surface area contributed by atoms with Crippen molar-refractivity contribution in [2.45, 2.75) is 31.8 Å². The molecule has 6 nitrogen and oxygen atoms in total. The molecule has 20 heavy (non-hydrogen) atoms. The van der Waals surface area contributed by atoms with Crippen molar-refractivity contribution in [1.29, 1.82) is 0 Å². The smallest absolute Gasteiger partial charge is 0.251 e. The maximum absolute atomic E-state index is 11.8. The van der Waals surface area contributed by atoms with Crippen LogP contribution in [-0.2, 0) is 16.0 Å². The summed E-state index contributed by atoms with van der Waals surface area (Å²) < 4.78 is 5.16. The molecule has 1 aromatic heterocycles. The summed E-state index contributed by atoms with van der Waals surface area (Å²) in [4.78, 5) is 25.0. The number of furan rings is 1. The Hall–Kier alpha value is -1.82. The Balaban J connectivity index is 1.74. The highest BCUT2D eigenvalue weighted by atomic mass is 16.3. The summed E-state index contributed by atoms with van der Waals surface area (Å²) in [6.45, 7) is 1.01. The average Bonchev–Trinajstić information content (AvgIpc) is 2.89. The predicted octanol–water partition coefficient (Wildman–Crippen LogP) is 0.312. The maximum Gasteiger partial charge on any atom is 0.251 e. The van der Waals surface area contributed by atoms with E-state index in [1.54, 1.807) is 12.3 Å². The Labute approximate surface area is 117 Å². The molecule has 0 aromatic carbocycles. The fraction of sp³-hybridized carbons (Fsp3) is 0.571. The number of nitrogens with zero attached hydrogens (tertiary/aromatic N) is 1. The molecule has 0 saturated carbocycles. The second kappa shape index (κ2) is 7.09. The van der Waals surface area contributed by atoms with Gasteiger partial charge in [0, 0.05) is 19.5 Å². The van der Waals surface area contributed by atoms with E-state index in [4.69, 9.17) is 4.42 Å². The molecule has 1 aliphatic rings. The summed E-state index contributed by atoms with van der Waals surface area (Å²) in [6, 6.07) is 3.65. The number of rotatable bonds is 5. The van der Waals surface area contributed by atoms with Crippen LogP contribution in [0.1, 0.15) is 25.0 Å². The van der Waals surface area contributed by atoms with Gasteiger partial charge >= 0.3 is 0 Å². The molecule has 0 radical (unpaired) electrons. The van der Waals surface area contributed by atoms with Gasteiger partial charge in [0.15, 0.2) is 0 Å². The van der Waals surface area contributed by atoms with Crippen LogP contribution in [0.5, 0.6) is 0 Å². The van der Waals surface area contributed by atoms with E-state index < -0.39 is 6.10 Å². The number of nitrogens with one attached hydrogen (secondary N) is 1. The first kappa shape index (κ1) is 14.6. The largest absolute Gasteiger partial charge is 0.469 e. The minimum absolute atomic E-state index is 0.00798. The quantitative estimate of drug-likeness (QED) is 0.813. The van der Waals surface area contributed by atoms with Gasteiger partial charge in [0.05, 0.1) is 12.8 Å². The predicted molar refractivity (Wildman–Crippen MR) is 71.9 cm³/mol. The molecule has 110 valence electrons. The van der Waals surface area contributed by atoms with Crippen LogP contribution in [0.2, 0.25) is 0 Å². The van der Waals surface area contributed by atoms with Crippen LogP contribution >= 0.6 is 0 Å². The number of hydrogen-bond donors (Lipinski definition) is 2. The molecule has 2 N–H and O–H groups in total. The molecule has 1 aromatic rings. The average molecular weight is 280 g/mol. The molecule has 0 spiro atoms. The van der Waals surface area contributed by atoms with Gasteiger partial charge in [0.2, 0.25) is 5.91 Å². The highest BCUT2D eigenvalue weighted by molar-refractivity contribution is 5.87. The van der Waals surface area contributed by atoms with E-state index in [2.05, 4.69) is 5.32 Å². The third-order valence-electron chi connectivity index (χ3n) is 3.36. The lowest BCUT2D eigenvalue weighted by Gasteiger charge is -2.21. The van der Waals surface area contributed by atoms with Gasteiger partial charge in [-0.15, -0.1) is 0 Å². The van der Waals surface area contributed by atoms with Crippen LogP contribution in [0.4, 0.5) is 0 Å². The van der Waals surface area contributed by atoms with Gasteiger partial charge in [0.1, 0.15) is 11.9 Å². The minimum atomic E-state index is -0.964. The third kappa shape index (κ3) is 4.09. The van der Waals surface area contributed by atoms with Crippen molar-refractivity contribution < 1.29 is 19.1 Å². The van der Waals surface area contributed by atoms with Crippen molar-refractivity contribution in [2.24, 2.45) is 0 Å². The van der Waals surface area contributed by atoms with Gasteiger partial charge in [-0.05, 0) is 31.4 Å². The van der Waals surface area contributed by atoms with Gasteiger partial charge in [-0.3, -0.25) is 9.59 Å². The standard InChI is InChI=1S/C14H20N2O4/c17-12-5-1-2-8-16(14(12)19)10-13(18)15-7-6-11-4-3-9-20-11/h3-4,9,12,17H,1-2,5-8,10H2,(H,15,18). The fourth-order valence-corrected chi connectivity index (χ4v) is 2.25. The summed E-state index contributed by atoms with van der Waals surface area (Å²) >= 11 is 0. The summed E-state index contributed by atoms with van der Waals surface area (Å²) in [6.07, 6.45) is 3.36. The normalized spacial score (nSPS) is 19.8. The molecule has 1 aliphatic heterocycles. The maximum atomic E-state index is 11.8. The van der Waals surface area contributed by atoms with E-state index in [1.165, 1.54) is 4.90 Å². The number of likely N-dealkylation sites (tertiary alicyclic amines) is 1. The van der Waals surface area contributed by atoms with Crippen molar-refractivity contribution in [3.8, 4) is 0 Å². The molecule has 2 rings (SSSR count). The number of aliphatic hydroxyl groups excluding tert-OH is 1. The summed E-state index contributed by atoms with van der Waals surface area (Å²) in [5.41, 5.74) is 0. The third-order valence-corrected chi connectivity index (χ3v) is 3.36. The zero-order valence-electron chi connectivity index (χ0n) is 11.4. The van der Waals surface area contributed by atoms with Crippen LogP contribution in [0.3, 0.4) is 0 Å². The Morgan fingerprint density at radius 3 is 3.10 bits per heavy atom. The Kier molecular flexibility index (Phi) is 5.17. The van der Waals surface area contributed by atoms with Crippen molar-refractivity contribution in [1.82, 2.24) is 10.2 Å². The van der Waals surface area contributed by atoms with E-state index in [0.29, 0.717) is 25.9 Å². The molecular formula is C14H20N2O4. The highest BCUT2D eigenvalue weighted by Crippen LogP contribution is 2.11. The van der Waals surface area contributed by atoms with E-state index in [1.807, 2.05) is 6.07 Å². The van der Waals surface area contributed by atoms with Crippen LogP contribution in [-0.4, -0.2) is 47.6 Å². The molecular weight excluding hydrogens is 260 g/mol. The molecule has 0 aliphatic carbocycles. The van der Waals surface area contributed by atoms with Crippen molar-refractivity contribution in [3.63, 3.8) is 0 Å². The molecule has 6 heteroatoms. The molecule has 2 heterocycles. The number of hydrogen-bond acceptors (Lipinski definition) is 4. The highest BCUT2D eigenvalue weighted by Gasteiger charge is 2.26. The van der Waals surface area contributed by atoms with Gasteiger partial charge in [0.25, 0.3) is 5.91 Å². The van der Waals surface area contributed by atoms with Crippen LogP contribution in [0.15, 0.2) is 22.8 Å². The molecule has 1 atom stereocenters. The van der Waals surface area contributed by atoms with Crippen molar-refractivity contribution >= 4 is 11.8 Å². The van der Waals surface area contributed by atoms with E-state index >= 15 is 0 Å². The first-order valence-electron chi connectivity index (χ1n) is 6.93. The molecule has 2 amide bonds. The lowest BCUT2D eigenvalue weighted by atomic mass is 10.2. The lowest BCUT2D eigenvalue weighted by Crippen LogP contribution is -2.44. The van der Waals surface area contributed by atoms with Crippen LogP contribution in [0, 0.1) is 0 Å².